The Labute approximate surface area is 402 Å². The number of amides is 1. The number of hydrogen-bond donors (Lipinski definition) is 2. The number of alkyl halides is 3. The molecule has 1 atom stereocenters. The van der Waals surface area contributed by atoms with Gasteiger partial charge < -0.3 is 29.6 Å². The first-order valence-electron chi connectivity index (χ1n) is 22.7. The molecule has 0 bridgehead atoms. The van der Waals surface area contributed by atoms with Crippen LogP contribution in [-0.4, -0.2) is 116 Å². The molecule has 3 aliphatic rings. The van der Waals surface area contributed by atoms with Gasteiger partial charge in [-0.25, -0.2) is 13.4 Å². The highest BCUT2D eigenvalue weighted by Crippen LogP contribution is 2.46. The minimum Gasteiger partial charge on any atom is -0.455 e. The Morgan fingerprint density at radius 2 is 1.83 bits per heavy atom. The molecule has 2 saturated heterocycles. The highest BCUT2D eigenvalue weighted by atomic mass is 35.5. The van der Waals surface area contributed by atoms with Crippen molar-refractivity contribution in [1.29, 1.82) is 0 Å². The van der Waals surface area contributed by atoms with E-state index < -0.39 is 48.6 Å². The van der Waals surface area contributed by atoms with Gasteiger partial charge in [0.1, 0.15) is 28.6 Å². The van der Waals surface area contributed by atoms with Gasteiger partial charge in [0.05, 0.1) is 39.9 Å². The molecule has 69 heavy (non-hydrogen) atoms. The summed E-state index contributed by atoms with van der Waals surface area (Å²) in [5, 5.41) is 16.0. The third kappa shape index (κ3) is 11.7. The number of nitrogens with one attached hydrogen (secondary N) is 2. The van der Waals surface area contributed by atoms with Gasteiger partial charge in [-0.3, -0.25) is 24.6 Å². The first-order valence-corrected chi connectivity index (χ1v) is 24.7. The molecule has 20 heteroatoms. The Morgan fingerprint density at radius 1 is 1.04 bits per heavy atom. The largest absolute Gasteiger partial charge is 0.455 e. The zero-order valence-corrected chi connectivity index (χ0v) is 40.0. The van der Waals surface area contributed by atoms with Crippen LogP contribution in [0.5, 0.6) is 11.5 Å². The van der Waals surface area contributed by atoms with E-state index in [1.807, 2.05) is 6.07 Å². The zero-order valence-electron chi connectivity index (χ0n) is 38.4. The average molecular weight is 993 g/mol. The van der Waals surface area contributed by atoms with Gasteiger partial charge in [-0.05, 0) is 90.8 Å². The van der Waals surface area contributed by atoms with Crippen molar-refractivity contribution in [1.82, 2.24) is 19.8 Å². The van der Waals surface area contributed by atoms with Crippen LogP contribution in [0.4, 0.5) is 30.2 Å². The number of morpholine rings is 1. The number of carbonyl (C=O) groups excluding carboxylic acids is 2. The van der Waals surface area contributed by atoms with E-state index in [0.29, 0.717) is 82.2 Å². The number of piperazine rings is 1. The van der Waals surface area contributed by atoms with Crippen molar-refractivity contribution >= 4 is 66.8 Å². The van der Waals surface area contributed by atoms with E-state index in [4.69, 9.17) is 21.1 Å². The van der Waals surface area contributed by atoms with E-state index in [0.717, 1.165) is 53.3 Å². The van der Waals surface area contributed by atoms with Crippen LogP contribution in [0, 0.1) is 15.5 Å². The number of ether oxygens (including phenoxy) is 2. The number of anilines is 2. The van der Waals surface area contributed by atoms with Crippen molar-refractivity contribution in [3.05, 3.63) is 117 Å². The fourth-order valence-corrected chi connectivity index (χ4v) is 10.7. The van der Waals surface area contributed by atoms with E-state index in [9.17, 15) is 41.3 Å². The third-order valence-electron chi connectivity index (χ3n) is 13.0. The lowest BCUT2D eigenvalue weighted by molar-refractivity contribution is -0.384. The number of Topliss-reactive ketones (excluding diaryl/α,β-unsaturated/α-hetero) is 1. The number of rotatable bonds is 15. The monoisotopic (exact) mass is 991 g/mol. The van der Waals surface area contributed by atoms with E-state index >= 15 is 0 Å². The van der Waals surface area contributed by atoms with E-state index in [-0.39, 0.29) is 46.0 Å². The zero-order chi connectivity index (χ0) is 49.3. The first kappa shape index (κ1) is 49.4. The number of allylic oxidation sites excluding steroid dienone is 1. The summed E-state index contributed by atoms with van der Waals surface area (Å²) in [5.41, 5.74) is 2.85. The first-order chi connectivity index (χ1) is 32.7. The Hall–Kier alpha value is -6.02. The summed E-state index contributed by atoms with van der Waals surface area (Å²) in [6.45, 7) is 10.4. The molecular formula is C49H53ClF3N7O8S. The van der Waals surface area contributed by atoms with Gasteiger partial charge in [-0.2, -0.15) is 13.2 Å². The Bertz CT molecular complexity index is 2920. The molecule has 0 radical (unpaired) electrons. The molecule has 0 spiro atoms. The highest BCUT2D eigenvalue weighted by molar-refractivity contribution is 7.92. The number of sulfone groups is 1. The summed E-state index contributed by atoms with van der Waals surface area (Å²) in [5.74, 6) is -1.46. The van der Waals surface area contributed by atoms with Crippen molar-refractivity contribution in [2.45, 2.75) is 63.6 Å². The van der Waals surface area contributed by atoms with Crippen molar-refractivity contribution in [3.63, 3.8) is 0 Å². The molecule has 366 valence electrons. The molecule has 15 nitrogen and oxygen atoms in total. The Balaban J connectivity index is 0.984. The number of pyridine rings is 1. The Morgan fingerprint density at radius 3 is 2.55 bits per heavy atom. The molecule has 4 heterocycles. The van der Waals surface area contributed by atoms with Gasteiger partial charge in [-0.15, -0.1) is 0 Å². The number of halogens is 4. The number of H-pyrrole nitrogens is 1. The molecule has 2 aliphatic heterocycles. The predicted molar refractivity (Wildman–Crippen MR) is 257 cm³/mol. The second-order valence-corrected chi connectivity index (χ2v) is 20.9. The van der Waals surface area contributed by atoms with Gasteiger partial charge in [0, 0.05) is 93.7 Å². The molecule has 5 aromatic rings. The number of nitro groups is 1. The topological polar surface area (TPSA) is 180 Å². The molecule has 3 aromatic carbocycles. The van der Waals surface area contributed by atoms with Crippen LogP contribution < -0.4 is 15.0 Å². The highest BCUT2D eigenvalue weighted by Gasteiger charge is 2.34. The number of benzene rings is 3. The van der Waals surface area contributed by atoms with Crippen LogP contribution >= 0.6 is 11.6 Å². The van der Waals surface area contributed by atoms with Crippen molar-refractivity contribution < 1.29 is 45.6 Å². The standard InChI is InChI=1S/C49H53ClF3N7O8S/c1-31(61)59-20-21-67-36(29-59)12-15-54-43-9-6-38(25-44(43)60(63)64)69(65,66)30-45(62)40-8-5-35(24-46(40)68-37-22-32-11-14-55-47(32)56-27-37)58-18-16-57(17-19-58)28-33-10-13-48(2,3)26-41(33)39-7-4-34(23-42(39)50)49(51,52)53/h4-9,11,14,22-25,27,36,54H,10,12-13,15-21,26,28-30H2,1-3H3,(H,55,56). The fraction of sp³-hybridized carbons (Fsp3) is 0.408. The number of fused-ring (bicyclic) bond motifs is 1. The van der Waals surface area contributed by atoms with E-state index in [1.54, 1.807) is 29.3 Å². The van der Waals surface area contributed by atoms with Crippen molar-refractivity contribution in [2.24, 2.45) is 5.41 Å². The molecule has 0 saturated carbocycles. The minimum absolute atomic E-state index is 0.0159. The second kappa shape index (κ2) is 20.1. The second-order valence-electron chi connectivity index (χ2n) is 18.5. The normalized spacial score (nSPS) is 18.1. The number of ketones is 1. The van der Waals surface area contributed by atoms with Gasteiger partial charge in [0.25, 0.3) is 5.69 Å². The van der Waals surface area contributed by atoms with Crippen LogP contribution in [0.25, 0.3) is 16.6 Å². The molecule has 1 amide bonds. The number of nitro benzene ring substituents is 1. The Kier molecular flexibility index (Phi) is 14.4. The predicted octanol–water partition coefficient (Wildman–Crippen LogP) is 9.43. The summed E-state index contributed by atoms with van der Waals surface area (Å²) >= 11 is 6.54. The SMILES string of the molecule is CC(=O)N1CCOC(CCNc2ccc(S(=O)(=O)CC(=O)c3ccc(N4CCN(CC5=C(c6ccc(C(F)(F)F)cc6Cl)CC(C)(C)CC5)CC4)cc3Oc3cnc4[nH]ccc4c3)cc2[N+](=O)[O-])C1. The molecule has 2 N–H and O–H groups in total. The smallest absolute Gasteiger partial charge is 0.416 e. The van der Waals surface area contributed by atoms with Crippen LogP contribution in [-0.2, 0) is 25.5 Å². The van der Waals surface area contributed by atoms with E-state index in [2.05, 4.69) is 38.9 Å². The average Bonchev–Trinajstić information content (AvgIpc) is 3.77. The number of carbonyl (C=O) groups is 2. The molecule has 2 aromatic heterocycles. The van der Waals surface area contributed by atoms with Crippen LogP contribution in [0.15, 0.2) is 89.6 Å². The summed E-state index contributed by atoms with van der Waals surface area (Å²) in [6.07, 6.45) is 1.27. The molecule has 1 unspecified atom stereocenters. The molecular weight excluding hydrogens is 939 g/mol. The molecule has 2 fully saturated rings. The number of aromatic nitrogens is 2. The van der Waals surface area contributed by atoms with Crippen LogP contribution in [0.1, 0.15) is 67.9 Å². The summed E-state index contributed by atoms with van der Waals surface area (Å²) < 4.78 is 80.3. The number of hydrogen-bond acceptors (Lipinski definition) is 12. The van der Waals surface area contributed by atoms with Gasteiger partial charge in [-0.1, -0.05) is 37.1 Å². The summed E-state index contributed by atoms with van der Waals surface area (Å²) in [6, 6.07) is 15.5. The summed E-state index contributed by atoms with van der Waals surface area (Å²) in [4.78, 5) is 50.5. The lowest BCUT2D eigenvalue weighted by atomic mass is 9.72. The lowest BCUT2D eigenvalue weighted by Crippen LogP contribution is -2.47. The van der Waals surface area contributed by atoms with Gasteiger partial charge in [0.2, 0.25) is 5.91 Å². The maximum atomic E-state index is 14.1. The maximum absolute atomic E-state index is 14.1. The van der Waals surface area contributed by atoms with Crippen LogP contribution in [0.3, 0.4) is 0 Å². The van der Waals surface area contributed by atoms with Crippen molar-refractivity contribution in [3.8, 4) is 11.5 Å². The van der Waals surface area contributed by atoms with E-state index in [1.165, 1.54) is 37.4 Å². The molecule has 1 aliphatic carbocycles. The van der Waals surface area contributed by atoms with Crippen molar-refractivity contribution in [2.75, 3.05) is 74.9 Å². The number of aromatic amines is 1. The van der Waals surface area contributed by atoms with Crippen LogP contribution in [0.2, 0.25) is 5.02 Å². The lowest BCUT2D eigenvalue weighted by Gasteiger charge is -2.39. The quantitative estimate of drug-likeness (QED) is 0.0577. The molecule has 8 rings (SSSR count). The fourth-order valence-electron chi connectivity index (χ4n) is 9.17. The minimum atomic E-state index is -4.50. The third-order valence-corrected chi connectivity index (χ3v) is 15.0. The van der Waals surface area contributed by atoms with Gasteiger partial charge in [0.15, 0.2) is 15.6 Å². The summed E-state index contributed by atoms with van der Waals surface area (Å²) in [7, 11) is -4.41. The number of nitrogens with zero attached hydrogens (tertiary/aromatic N) is 5. The van der Waals surface area contributed by atoms with Gasteiger partial charge >= 0.3 is 6.18 Å². The maximum Gasteiger partial charge on any atom is 0.416 e.